The first-order chi connectivity index (χ1) is 16.1. The van der Waals surface area contributed by atoms with Gasteiger partial charge in [-0.3, -0.25) is 4.98 Å². The molecule has 1 aromatic carbocycles. The van der Waals surface area contributed by atoms with Crippen LogP contribution in [-0.4, -0.2) is 56.6 Å². The lowest BCUT2D eigenvalue weighted by atomic mass is 9.92. The molecule has 2 aromatic rings. The van der Waals surface area contributed by atoms with E-state index in [1.165, 1.54) is 6.20 Å². The molecule has 35 heavy (non-hydrogen) atoms. The maximum Gasteiger partial charge on any atom is 0.430 e. The Bertz CT molecular complexity index is 1070. The van der Waals surface area contributed by atoms with Crippen LogP contribution in [0.15, 0.2) is 59.1 Å². The van der Waals surface area contributed by atoms with E-state index in [1.54, 1.807) is 16.4 Å². The van der Waals surface area contributed by atoms with Crippen molar-refractivity contribution in [3.8, 4) is 0 Å². The summed E-state index contributed by atoms with van der Waals surface area (Å²) >= 11 is 0. The number of piperazine rings is 1. The van der Waals surface area contributed by atoms with Crippen LogP contribution < -0.4 is 4.90 Å². The number of aryl methyl sites for hydroxylation is 1. The summed E-state index contributed by atoms with van der Waals surface area (Å²) in [5, 5.41) is 9.63. The summed E-state index contributed by atoms with van der Waals surface area (Å²) in [4.78, 5) is 6.51. The lowest BCUT2D eigenvalue weighted by Gasteiger charge is -2.41. The fraction of sp³-hybridized carbons (Fsp3) is 0.435. The zero-order valence-electron chi connectivity index (χ0n) is 19.2. The smallest absolute Gasteiger partial charge is 0.369 e. The molecule has 1 aromatic heterocycles. The SMILES string of the molecule is CC(C)=CC1CN(S(=O)c2ccc(C)nc2)CCN1c1ccc(C(O)(C(F)(F)F)C(F)(F)F)cc1. The summed E-state index contributed by atoms with van der Waals surface area (Å²) in [6.45, 7) is 6.49. The summed E-state index contributed by atoms with van der Waals surface area (Å²) in [6, 6.07) is 6.66. The molecular weight excluding hydrogens is 496 g/mol. The van der Waals surface area contributed by atoms with Crippen LogP contribution in [0.5, 0.6) is 0 Å². The minimum absolute atomic E-state index is 0.308. The second kappa shape index (κ2) is 9.90. The second-order valence-electron chi connectivity index (χ2n) is 8.53. The van der Waals surface area contributed by atoms with Gasteiger partial charge in [-0.25, -0.2) is 8.51 Å². The van der Waals surface area contributed by atoms with Gasteiger partial charge >= 0.3 is 12.4 Å². The predicted octanol–water partition coefficient (Wildman–Crippen LogP) is 4.88. The van der Waals surface area contributed by atoms with Crippen molar-refractivity contribution in [2.24, 2.45) is 0 Å². The summed E-state index contributed by atoms with van der Waals surface area (Å²) in [6.07, 6.45) is -8.46. The molecule has 0 bridgehead atoms. The van der Waals surface area contributed by atoms with Crippen LogP contribution in [0.25, 0.3) is 0 Å². The number of aliphatic hydroxyl groups is 1. The van der Waals surface area contributed by atoms with Crippen LogP contribution in [0, 0.1) is 6.92 Å². The molecule has 192 valence electrons. The van der Waals surface area contributed by atoms with Gasteiger partial charge in [0.1, 0.15) is 11.0 Å². The molecule has 12 heteroatoms. The van der Waals surface area contributed by atoms with Crippen molar-refractivity contribution < 1.29 is 35.7 Å². The van der Waals surface area contributed by atoms with E-state index in [2.05, 4.69) is 4.98 Å². The fourth-order valence-corrected chi connectivity index (χ4v) is 5.03. The number of aromatic nitrogens is 1. The minimum atomic E-state index is -5.95. The Morgan fingerprint density at radius 3 is 2.11 bits per heavy atom. The van der Waals surface area contributed by atoms with Gasteiger partial charge in [0, 0.05) is 42.8 Å². The van der Waals surface area contributed by atoms with E-state index in [0.29, 0.717) is 42.3 Å². The van der Waals surface area contributed by atoms with Crippen LogP contribution in [0.4, 0.5) is 32.0 Å². The highest BCUT2D eigenvalue weighted by atomic mass is 32.2. The molecular formula is C23H25F6N3O2S. The first kappa shape index (κ1) is 27.2. The number of nitrogens with zero attached hydrogens (tertiary/aromatic N) is 3. The van der Waals surface area contributed by atoms with Crippen LogP contribution in [0.3, 0.4) is 0 Å². The number of alkyl halides is 6. The Labute approximate surface area is 201 Å². The number of hydrogen-bond acceptors (Lipinski definition) is 4. The monoisotopic (exact) mass is 521 g/mol. The van der Waals surface area contributed by atoms with Crippen LogP contribution in [-0.2, 0) is 16.6 Å². The molecule has 2 unspecified atom stereocenters. The Hall–Kier alpha value is -2.44. The highest BCUT2D eigenvalue weighted by Gasteiger charge is 2.71. The minimum Gasteiger partial charge on any atom is -0.369 e. The van der Waals surface area contributed by atoms with Gasteiger partial charge in [-0.1, -0.05) is 23.8 Å². The molecule has 1 fully saturated rings. The Morgan fingerprint density at radius 1 is 1.03 bits per heavy atom. The lowest BCUT2D eigenvalue weighted by molar-refractivity contribution is -0.376. The van der Waals surface area contributed by atoms with Crippen LogP contribution in [0.1, 0.15) is 25.1 Å². The van der Waals surface area contributed by atoms with Crippen molar-refractivity contribution in [3.63, 3.8) is 0 Å². The molecule has 0 saturated carbocycles. The highest BCUT2D eigenvalue weighted by molar-refractivity contribution is 7.82. The van der Waals surface area contributed by atoms with Crippen molar-refractivity contribution in [1.82, 2.24) is 9.29 Å². The van der Waals surface area contributed by atoms with Gasteiger partial charge in [0.15, 0.2) is 0 Å². The molecule has 1 saturated heterocycles. The molecule has 2 heterocycles. The third-order valence-corrected chi connectivity index (χ3v) is 7.11. The molecule has 0 aliphatic carbocycles. The topological polar surface area (TPSA) is 56.7 Å². The number of anilines is 1. The number of rotatable bonds is 5. The third-order valence-electron chi connectivity index (χ3n) is 5.66. The first-order valence-electron chi connectivity index (χ1n) is 10.6. The normalized spacial score (nSPS) is 18.9. The van der Waals surface area contributed by atoms with Gasteiger partial charge in [-0.05, 0) is 45.0 Å². The van der Waals surface area contributed by atoms with E-state index >= 15 is 0 Å². The maximum absolute atomic E-state index is 13.2. The summed E-state index contributed by atoms with van der Waals surface area (Å²) < 4.78 is 94.0. The predicted molar refractivity (Wildman–Crippen MR) is 120 cm³/mol. The van der Waals surface area contributed by atoms with E-state index in [9.17, 15) is 35.7 Å². The number of halogens is 6. The molecule has 1 aliphatic rings. The van der Waals surface area contributed by atoms with Crippen molar-refractivity contribution in [2.45, 2.75) is 49.7 Å². The van der Waals surface area contributed by atoms with E-state index in [0.717, 1.165) is 23.4 Å². The number of benzene rings is 1. The molecule has 1 N–H and O–H groups in total. The average Bonchev–Trinajstić information content (AvgIpc) is 2.77. The van der Waals surface area contributed by atoms with Crippen LogP contribution >= 0.6 is 0 Å². The van der Waals surface area contributed by atoms with Gasteiger partial charge in [-0.15, -0.1) is 0 Å². The fourth-order valence-electron chi connectivity index (χ4n) is 3.87. The van der Waals surface area contributed by atoms with Crippen molar-refractivity contribution >= 4 is 16.7 Å². The van der Waals surface area contributed by atoms with Gasteiger partial charge < -0.3 is 10.0 Å². The molecule has 0 radical (unpaired) electrons. The van der Waals surface area contributed by atoms with Crippen molar-refractivity contribution in [1.29, 1.82) is 0 Å². The Balaban J connectivity index is 1.88. The largest absolute Gasteiger partial charge is 0.430 e. The molecule has 0 amide bonds. The van der Waals surface area contributed by atoms with Gasteiger partial charge in [0.25, 0.3) is 5.60 Å². The van der Waals surface area contributed by atoms with Gasteiger partial charge in [-0.2, -0.15) is 26.3 Å². The quantitative estimate of drug-likeness (QED) is 0.450. The van der Waals surface area contributed by atoms with E-state index in [1.807, 2.05) is 31.7 Å². The Kier molecular flexibility index (Phi) is 7.68. The number of allylic oxidation sites excluding steroid dienone is 1. The summed E-state index contributed by atoms with van der Waals surface area (Å²) in [5.74, 6) is 0. The van der Waals surface area contributed by atoms with Gasteiger partial charge in [0.05, 0.1) is 10.9 Å². The second-order valence-corrected chi connectivity index (χ2v) is 10.0. The maximum atomic E-state index is 13.2. The average molecular weight is 522 g/mol. The molecule has 0 spiro atoms. The number of hydrogen-bond donors (Lipinski definition) is 1. The summed E-state index contributed by atoms with van der Waals surface area (Å²) in [7, 11) is -1.49. The van der Waals surface area contributed by atoms with E-state index in [4.69, 9.17) is 0 Å². The number of pyridine rings is 1. The molecule has 1 aliphatic heterocycles. The standard InChI is InChI=1S/C23H25F6N3O2S/c1-15(2)12-19-14-31(35(34)20-9-4-16(3)30-13-20)10-11-32(19)18-7-5-17(6-8-18)21(33,22(24,25)26)23(27,28)29/h4-9,12-13,19,33H,10-11,14H2,1-3H3. The van der Waals surface area contributed by atoms with E-state index < -0.39 is 34.5 Å². The van der Waals surface area contributed by atoms with Crippen molar-refractivity contribution in [2.75, 3.05) is 24.5 Å². The highest BCUT2D eigenvalue weighted by Crippen LogP contribution is 2.50. The molecule has 5 nitrogen and oxygen atoms in total. The van der Waals surface area contributed by atoms with Crippen LogP contribution in [0.2, 0.25) is 0 Å². The lowest BCUT2D eigenvalue weighted by Crippen LogP contribution is -2.54. The zero-order valence-corrected chi connectivity index (χ0v) is 20.0. The van der Waals surface area contributed by atoms with Gasteiger partial charge in [0.2, 0.25) is 0 Å². The van der Waals surface area contributed by atoms with E-state index in [-0.39, 0.29) is 6.04 Å². The zero-order chi connectivity index (χ0) is 26.2. The first-order valence-corrected chi connectivity index (χ1v) is 11.7. The van der Waals surface area contributed by atoms with Crippen molar-refractivity contribution in [3.05, 3.63) is 65.5 Å². The molecule has 2 atom stereocenters. The summed E-state index contributed by atoms with van der Waals surface area (Å²) in [5.41, 5.74) is -4.19. The Morgan fingerprint density at radius 2 is 1.63 bits per heavy atom. The molecule has 3 rings (SSSR count). The third kappa shape index (κ3) is 5.54.